The van der Waals surface area contributed by atoms with Gasteiger partial charge in [0.2, 0.25) is 5.91 Å². The van der Waals surface area contributed by atoms with Crippen LogP contribution in [0.2, 0.25) is 0 Å². The van der Waals surface area contributed by atoms with E-state index in [2.05, 4.69) is 22.7 Å². The van der Waals surface area contributed by atoms with Crippen molar-refractivity contribution in [1.29, 1.82) is 0 Å². The van der Waals surface area contributed by atoms with Gasteiger partial charge in [0.15, 0.2) is 0 Å². The monoisotopic (exact) mass is 416 g/mol. The molecule has 2 heterocycles. The first-order valence-electron chi connectivity index (χ1n) is 11.3. The summed E-state index contributed by atoms with van der Waals surface area (Å²) in [4.78, 5) is 14.9. The SMILES string of the molecule is C[C@H](CC1NCNN1C)C1CCCC(N2CC3C(CCCC3C(F)(F)F)C2=O)C1. The summed E-state index contributed by atoms with van der Waals surface area (Å²) in [6.45, 7) is 3.38. The van der Waals surface area contributed by atoms with Gasteiger partial charge in [-0.15, -0.1) is 0 Å². The van der Waals surface area contributed by atoms with Gasteiger partial charge in [0.05, 0.1) is 18.8 Å². The van der Waals surface area contributed by atoms with Crippen molar-refractivity contribution in [3.8, 4) is 0 Å². The minimum atomic E-state index is -4.18. The molecule has 0 spiro atoms. The zero-order valence-corrected chi connectivity index (χ0v) is 17.5. The van der Waals surface area contributed by atoms with Crippen molar-refractivity contribution in [2.45, 2.75) is 76.7 Å². The predicted molar refractivity (Wildman–Crippen MR) is 104 cm³/mol. The molecule has 6 unspecified atom stereocenters. The molecule has 8 heteroatoms. The van der Waals surface area contributed by atoms with E-state index in [9.17, 15) is 18.0 Å². The van der Waals surface area contributed by atoms with Gasteiger partial charge in [-0.2, -0.15) is 13.2 Å². The molecule has 2 aliphatic heterocycles. The third-order valence-electron chi connectivity index (χ3n) is 8.15. The summed E-state index contributed by atoms with van der Waals surface area (Å²) in [6, 6.07) is 0.121. The highest BCUT2D eigenvalue weighted by molar-refractivity contribution is 5.82. The first-order valence-corrected chi connectivity index (χ1v) is 11.3. The van der Waals surface area contributed by atoms with E-state index in [0.717, 1.165) is 38.8 Å². The molecule has 2 N–H and O–H groups in total. The Morgan fingerprint density at radius 2 is 1.93 bits per heavy atom. The number of carbonyl (C=O) groups excluding carboxylic acids is 1. The van der Waals surface area contributed by atoms with E-state index in [1.54, 1.807) is 0 Å². The Bertz CT molecular complexity index is 601. The lowest BCUT2D eigenvalue weighted by atomic mass is 9.73. The molecular weight excluding hydrogens is 381 g/mol. The first-order chi connectivity index (χ1) is 13.8. The number of amides is 1. The van der Waals surface area contributed by atoms with Gasteiger partial charge in [-0.3, -0.25) is 10.1 Å². The number of carbonyl (C=O) groups is 1. The molecular formula is C21H35F3N4O. The number of likely N-dealkylation sites (tertiary alicyclic amines) is 1. The predicted octanol–water partition coefficient (Wildman–Crippen LogP) is 3.33. The van der Waals surface area contributed by atoms with Gasteiger partial charge in [0.25, 0.3) is 0 Å². The minimum Gasteiger partial charge on any atom is -0.339 e. The molecule has 4 fully saturated rings. The van der Waals surface area contributed by atoms with E-state index < -0.39 is 23.9 Å². The molecule has 5 nitrogen and oxygen atoms in total. The standard InChI is InChI=1S/C21H35F3N4O/c1-13(9-19-25-12-26-27(19)2)14-5-3-6-15(10-14)28-11-17-16(20(28)29)7-4-8-18(17)21(22,23)24/h13-19,25-26H,3-12H2,1-2H3/t13-,14?,15?,16?,17?,18?,19?/m1/s1. The highest BCUT2D eigenvalue weighted by Crippen LogP contribution is 2.49. The molecule has 0 bridgehead atoms. The van der Waals surface area contributed by atoms with Crippen LogP contribution < -0.4 is 10.7 Å². The average Bonchev–Trinajstić information content (AvgIpc) is 3.24. The quantitative estimate of drug-likeness (QED) is 0.738. The van der Waals surface area contributed by atoms with Crippen molar-refractivity contribution in [2.75, 3.05) is 20.3 Å². The zero-order chi connectivity index (χ0) is 20.8. The van der Waals surface area contributed by atoms with Crippen LogP contribution in [0.5, 0.6) is 0 Å². The van der Waals surface area contributed by atoms with Crippen molar-refractivity contribution in [3.63, 3.8) is 0 Å². The Morgan fingerprint density at radius 3 is 2.62 bits per heavy atom. The van der Waals surface area contributed by atoms with Gasteiger partial charge in [0, 0.05) is 25.6 Å². The van der Waals surface area contributed by atoms with Crippen LogP contribution in [0.3, 0.4) is 0 Å². The van der Waals surface area contributed by atoms with E-state index in [1.807, 2.05) is 11.9 Å². The summed E-state index contributed by atoms with van der Waals surface area (Å²) >= 11 is 0. The molecule has 4 aliphatic rings. The molecule has 0 aromatic rings. The van der Waals surface area contributed by atoms with Crippen LogP contribution in [-0.4, -0.2) is 54.5 Å². The number of rotatable bonds is 4. The van der Waals surface area contributed by atoms with Crippen LogP contribution in [0.4, 0.5) is 13.2 Å². The lowest BCUT2D eigenvalue weighted by Crippen LogP contribution is -2.43. The van der Waals surface area contributed by atoms with E-state index in [-0.39, 0.29) is 18.4 Å². The second-order valence-corrected chi connectivity index (χ2v) is 9.80. The summed E-state index contributed by atoms with van der Waals surface area (Å²) in [5, 5.41) is 5.56. The van der Waals surface area contributed by atoms with Crippen LogP contribution in [-0.2, 0) is 4.79 Å². The van der Waals surface area contributed by atoms with E-state index in [4.69, 9.17) is 0 Å². The maximum Gasteiger partial charge on any atom is 0.392 e. The van der Waals surface area contributed by atoms with E-state index in [0.29, 0.717) is 37.4 Å². The first kappa shape index (κ1) is 21.4. The maximum absolute atomic E-state index is 13.5. The summed E-state index contributed by atoms with van der Waals surface area (Å²) < 4.78 is 40.6. The maximum atomic E-state index is 13.5. The molecule has 1 amide bonds. The van der Waals surface area contributed by atoms with Gasteiger partial charge in [0.1, 0.15) is 0 Å². The topological polar surface area (TPSA) is 47.6 Å². The highest BCUT2D eigenvalue weighted by Gasteiger charge is 2.55. The van der Waals surface area contributed by atoms with Crippen molar-refractivity contribution < 1.29 is 18.0 Å². The number of hydrogen-bond donors (Lipinski definition) is 2. The van der Waals surface area contributed by atoms with Crippen molar-refractivity contribution in [2.24, 2.45) is 29.6 Å². The number of hydrogen-bond acceptors (Lipinski definition) is 4. The van der Waals surface area contributed by atoms with Crippen molar-refractivity contribution in [3.05, 3.63) is 0 Å². The fourth-order valence-corrected chi connectivity index (χ4v) is 6.41. The summed E-state index contributed by atoms with van der Waals surface area (Å²) in [5.41, 5.74) is 3.26. The molecule has 0 radical (unpaired) electrons. The molecule has 7 atom stereocenters. The third kappa shape index (κ3) is 4.30. The number of halogens is 3. The molecule has 2 saturated heterocycles. The van der Waals surface area contributed by atoms with Gasteiger partial charge < -0.3 is 4.90 Å². The van der Waals surface area contributed by atoms with Gasteiger partial charge in [-0.05, 0) is 49.9 Å². The normalized spacial score (nSPS) is 40.3. The summed E-state index contributed by atoms with van der Waals surface area (Å²) in [5.74, 6) is -1.19. The number of hydrazine groups is 1. The zero-order valence-electron chi connectivity index (χ0n) is 17.5. The van der Waals surface area contributed by atoms with Crippen LogP contribution in [0.15, 0.2) is 0 Å². The van der Waals surface area contributed by atoms with Crippen LogP contribution in [0, 0.1) is 29.6 Å². The fourth-order valence-electron chi connectivity index (χ4n) is 6.41. The number of fused-ring (bicyclic) bond motifs is 1. The van der Waals surface area contributed by atoms with E-state index >= 15 is 0 Å². The second-order valence-electron chi connectivity index (χ2n) is 9.80. The smallest absolute Gasteiger partial charge is 0.339 e. The van der Waals surface area contributed by atoms with Crippen molar-refractivity contribution >= 4 is 5.91 Å². The van der Waals surface area contributed by atoms with Crippen LogP contribution in [0.1, 0.15) is 58.3 Å². The molecule has 4 rings (SSSR count). The Labute approximate surface area is 171 Å². The second kappa shape index (κ2) is 8.35. The third-order valence-corrected chi connectivity index (χ3v) is 8.15. The van der Waals surface area contributed by atoms with Crippen LogP contribution in [0.25, 0.3) is 0 Å². The van der Waals surface area contributed by atoms with Gasteiger partial charge in [-0.25, -0.2) is 10.4 Å². The van der Waals surface area contributed by atoms with E-state index in [1.165, 1.54) is 0 Å². The molecule has 2 aliphatic carbocycles. The largest absolute Gasteiger partial charge is 0.392 e. The van der Waals surface area contributed by atoms with Gasteiger partial charge in [-0.1, -0.05) is 26.2 Å². The lowest BCUT2D eigenvalue weighted by Gasteiger charge is -2.39. The van der Waals surface area contributed by atoms with Gasteiger partial charge >= 0.3 is 6.18 Å². The summed E-state index contributed by atoms with van der Waals surface area (Å²) in [6.07, 6.45) is 2.60. The molecule has 0 aromatic carbocycles. The Morgan fingerprint density at radius 1 is 1.17 bits per heavy atom. The summed E-state index contributed by atoms with van der Waals surface area (Å²) in [7, 11) is 2.04. The Hall–Kier alpha value is -0.860. The van der Waals surface area contributed by atoms with Crippen LogP contribution >= 0.6 is 0 Å². The number of nitrogens with zero attached hydrogens (tertiary/aromatic N) is 2. The Kier molecular flexibility index (Phi) is 6.15. The number of alkyl halides is 3. The molecule has 0 aromatic heterocycles. The molecule has 166 valence electrons. The molecule has 2 saturated carbocycles. The van der Waals surface area contributed by atoms with Crippen molar-refractivity contribution in [1.82, 2.24) is 20.7 Å². The molecule has 29 heavy (non-hydrogen) atoms. The Balaban J connectivity index is 1.40. The highest BCUT2D eigenvalue weighted by atomic mass is 19.4. The number of nitrogens with one attached hydrogen (secondary N) is 2. The average molecular weight is 417 g/mol. The lowest BCUT2D eigenvalue weighted by molar-refractivity contribution is -0.198. The fraction of sp³-hybridized carbons (Fsp3) is 0.952. The minimum absolute atomic E-state index is 0.00338.